The van der Waals surface area contributed by atoms with Gasteiger partial charge in [0.25, 0.3) is 5.91 Å². The number of benzene rings is 2. The van der Waals surface area contributed by atoms with Crippen LogP contribution in [0.5, 0.6) is 5.75 Å². The number of methoxy groups -OCH3 is 1. The minimum atomic E-state index is -0.0842. The maximum Gasteiger partial charge on any atom is 0.251 e. The number of carbonyl (C=O) groups is 2. The summed E-state index contributed by atoms with van der Waals surface area (Å²) >= 11 is 0. The predicted octanol–water partition coefficient (Wildman–Crippen LogP) is 3.18. The van der Waals surface area contributed by atoms with Crippen LogP contribution >= 0.6 is 0 Å². The minimum absolute atomic E-state index is 0.0842. The molecule has 2 aromatic rings. The zero-order valence-corrected chi connectivity index (χ0v) is 15.0. The third-order valence-corrected chi connectivity index (χ3v) is 4.60. The van der Waals surface area contributed by atoms with E-state index in [4.69, 9.17) is 4.74 Å². The number of nitrogens with zero attached hydrogens (tertiary/aromatic N) is 1. The van der Waals surface area contributed by atoms with Gasteiger partial charge in [0, 0.05) is 30.8 Å². The first-order valence-electron chi connectivity index (χ1n) is 8.99. The molecular formula is C21H24N2O3. The Hall–Kier alpha value is -2.82. The highest BCUT2D eigenvalue weighted by molar-refractivity contribution is 5.97. The molecule has 3 rings (SSSR count). The normalized spacial score (nSPS) is 13.7. The molecule has 0 spiro atoms. The molecule has 0 aromatic heterocycles. The number of amides is 2. The third kappa shape index (κ3) is 4.42. The van der Waals surface area contributed by atoms with Crippen molar-refractivity contribution in [2.75, 3.05) is 25.1 Å². The van der Waals surface area contributed by atoms with Gasteiger partial charge in [-0.05, 0) is 61.2 Å². The van der Waals surface area contributed by atoms with Crippen LogP contribution in [-0.4, -0.2) is 32.0 Å². The molecule has 5 nitrogen and oxygen atoms in total. The molecule has 0 unspecified atom stereocenters. The van der Waals surface area contributed by atoms with Crippen LogP contribution in [0.15, 0.2) is 48.5 Å². The lowest BCUT2D eigenvalue weighted by Gasteiger charge is -2.15. The molecule has 1 N–H and O–H groups in total. The van der Waals surface area contributed by atoms with E-state index in [-0.39, 0.29) is 11.8 Å². The third-order valence-electron chi connectivity index (χ3n) is 4.60. The Balaban J connectivity index is 1.45. The molecule has 2 amide bonds. The van der Waals surface area contributed by atoms with E-state index in [0.29, 0.717) is 18.5 Å². The number of hydrogen-bond acceptors (Lipinski definition) is 3. The molecule has 1 heterocycles. The van der Waals surface area contributed by atoms with Crippen LogP contribution in [0.1, 0.15) is 35.2 Å². The van der Waals surface area contributed by atoms with Crippen LogP contribution in [0, 0.1) is 0 Å². The van der Waals surface area contributed by atoms with Crippen molar-refractivity contribution in [2.24, 2.45) is 0 Å². The van der Waals surface area contributed by atoms with Gasteiger partial charge in [0.1, 0.15) is 5.75 Å². The van der Waals surface area contributed by atoms with Gasteiger partial charge in [0.05, 0.1) is 7.11 Å². The van der Waals surface area contributed by atoms with Crippen molar-refractivity contribution in [3.8, 4) is 5.75 Å². The van der Waals surface area contributed by atoms with Crippen molar-refractivity contribution >= 4 is 17.5 Å². The van der Waals surface area contributed by atoms with Crippen LogP contribution in [0.3, 0.4) is 0 Å². The summed E-state index contributed by atoms with van der Waals surface area (Å²) in [5.41, 5.74) is 2.70. The monoisotopic (exact) mass is 352 g/mol. The summed E-state index contributed by atoms with van der Waals surface area (Å²) in [5, 5.41) is 2.95. The number of carbonyl (C=O) groups excluding carboxylic acids is 2. The molecule has 1 fully saturated rings. The van der Waals surface area contributed by atoms with Gasteiger partial charge in [-0.3, -0.25) is 9.59 Å². The smallest absolute Gasteiger partial charge is 0.251 e. The Kier molecular flexibility index (Phi) is 5.89. The van der Waals surface area contributed by atoms with E-state index in [1.54, 1.807) is 24.1 Å². The highest BCUT2D eigenvalue weighted by Gasteiger charge is 2.21. The first-order valence-corrected chi connectivity index (χ1v) is 8.99. The van der Waals surface area contributed by atoms with Gasteiger partial charge in [0.2, 0.25) is 5.91 Å². The lowest BCUT2D eigenvalue weighted by molar-refractivity contribution is -0.117. The lowest BCUT2D eigenvalue weighted by atomic mass is 10.1. The number of anilines is 1. The van der Waals surface area contributed by atoms with Crippen molar-refractivity contribution in [2.45, 2.75) is 25.7 Å². The quantitative estimate of drug-likeness (QED) is 0.779. The summed E-state index contributed by atoms with van der Waals surface area (Å²) in [5.74, 6) is 0.917. The first kappa shape index (κ1) is 18.0. The van der Waals surface area contributed by atoms with Crippen LogP contribution in [0.25, 0.3) is 0 Å². The molecule has 1 aliphatic heterocycles. The molecule has 1 saturated heterocycles. The molecule has 0 atom stereocenters. The van der Waals surface area contributed by atoms with Gasteiger partial charge in [-0.15, -0.1) is 0 Å². The van der Waals surface area contributed by atoms with Crippen LogP contribution in [0.2, 0.25) is 0 Å². The summed E-state index contributed by atoms with van der Waals surface area (Å²) in [4.78, 5) is 25.8. The van der Waals surface area contributed by atoms with Crippen molar-refractivity contribution in [1.29, 1.82) is 0 Å². The number of ether oxygens (including phenoxy) is 1. The number of hydrogen-bond donors (Lipinski definition) is 1. The molecule has 0 bridgehead atoms. The second-order valence-electron chi connectivity index (χ2n) is 6.40. The fraction of sp³-hybridized carbons (Fsp3) is 0.333. The van der Waals surface area contributed by atoms with Crippen molar-refractivity contribution in [3.05, 3.63) is 59.7 Å². The molecule has 26 heavy (non-hydrogen) atoms. The fourth-order valence-corrected chi connectivity index (χ4v) is 3.10. The molecule has 5 heteroatoms. The standard InChI is InChI=1S/C21H24N2O3/c1-26-19-12-6-16(7-13-19)4-2-14-22-21(25)17-8-10-18(11-9-17)23-15-3-5-20(23)24/h6-13H,2-5,14-15H2,1H3,(H,22,25). The van der Waals surface area contributed by atoms with Gasteiger partial charge in [-0.1, -0.05) is 12.1 Å². The van der Waals surface area contributed by atoms with Crippen molar-refractivity contribution < 1.29 is 14.3 Å². The Morgan fingerprint density at radius 2 is 1.85 bits per heavy atom. The zero-order valence-electron chi connectivity index (χ0n) is 15.0. The highest BCUT2D eigenvalue weighted by atomic mass is 16.5. The molecule has 2 aromatic carbocycles. The van der Waals surface area contributed by atoms with Gasteiger partial charge < -0.3 is 15.0 Å². The van der Waals surface area contributed by atoms with Gasteiger partial charge in [0.15, 0.2) is 0 Å². The molecule has 0 aliphatic carbocycles. The SMILES string of the molecule is COc1ccc(CCCNC(=O)c2ccc(N3CCCC3=O)cc2)cc1. The van der Waals surface area contributed by atoms with Gasteiger partial charge in [-0.2, -0.15) is 0 Å². The van der Waals surface area contributed by atoms with Crippen molar-refractivity contribution in [1.82, 2.24) is 5.32 Å². The topological polar surface area (TPSA) is 58.6 Å². The molecule has 0 radical (unpaired) electrons. The number of aryl methyl sites for hydroxylation is 1. The van der Waals surface area contributed by atoms with Crippen LogP contribution in [0.4, 0.5) is 5.69 Å². The molecular weight excluding hydrogens is 328 g/mol. The summed E-state index contributed by atoms with van der Waals surface area (Å²) in [6.45, 7) is 1.38. The second kappa shape index (κ2) is 8.52. The fourth-order valence-electron chi connectivity index (χ4n) is 3.10. The molecule has 1 aliphatic rings. The largest absolute Gasteiger partial charge is 0.497 e. The Labute approximate surface area is 154 Å². The lowest BCUT2D eigenvalue weighted by Crippen LogP contribution is -2.25. The Bertz CT molecular complexity index is 754. The van der Waals surface area contributed by atoms with Crippen LogP contribution < -0.4 is 15.0 Å². The maximum atomic E-state index is 12.2. The summed E-state index contributed by atoms with van der Waals surface area (Å²) in [6, 6.07) is 15.2. The first-order chi connectivity index (χ1) is 12.7. The number of rotatable bonds is 7. The zero-order chi connectivity index (χ0) is 18.4. The van der Waals surface area contributed by atoms with E-state index >= 15 is 0 Å². The van der Waals surface area contributed by atoms with E-state index < -0.39 is 0 Å². The summed E-state index contributed by atoms with van der Waals surface area (Å²) < 4.78 is 5.14. The average molecular weight is 352 g/mol. The van der Waals surface area contributed by atoms with Crippen molar-refractivity contribution in [3.63, 3.8) is 0 Å². The van der Waals surface area contributed by atoms with E-state index in [2.05, 4.69) is 5.32 Å². The molecule has 136 valence electrons. The highest BCUT2D eigenvalue weighted by Crippen LogP contribution is 2.21. The van der Waals surface area contributed by atoms with E-state index in [0.717, 1.165) is 37.2 Å². The van der Waals surface area contributed by atoms with Gasteiger partial charge >= 0.3 is 0 Å². The second-order valence-corrected chi connectivity index (χ2v) is 6.40. The maximum absolute atomic E-state index is 12.2. The number of nitrogens with one attached hydrogen (secondary N) is 1. The van der Waals surface area contributed by atoms with Crippen LogP contribution in [-0.2, 0) is 11.2 Å². The van der Waals surface area contributed by atoms with E-state index in [1.807, 2.05) is 36.4 Å². The summed E-state index contributed by atoms with van der Waals surface area (Å²) in [7, 11) is 1.65. The van der Waals surface area contributed by atoms with E-state index in [9.17, 15) is 9.59 Å². The molecule has 0 saturated carbocycles. The van der Waals surface area contributed by atoms with E-state index in [1.165, 1.54) is 5.56 Å². The minimum Gasteiger partial charge on any atom is -0.497 e. The summed E-state index contributed by atoms with van der Waals surface area (Å²) in [6.07, 6.45) is 3.28. The van der Waals surface area contributed by atoms with Gasteiger partial charge in [-0.25, -0.2) is 0 Å². The Morgan fingerprint density at radius 1 is 1.12 bits per heavy atom. The predicted molar refractivity (Wildman–Crippen MR) is 102 cm³/mol. The average Bonchev–Trinajstić information content (AvgIpc) is 3.11. The Morgan fingerprint density at radius 3 is 2.46 bits per heavy atom.